The molecule has 0 spiro atoms. The third-order valence-electron chi connectivity index (χ3n) is 3.45. The Kier molecular flexibility index (Phi) is 5.23. The summed E-state index contributed by atoms with van der Waals surface area (Å²) >= 11 is 7.52. The molecular formula is C17H18Br2. The molecule has 0 aliphatic heterocycles. The SMILES string of the molecule is CCc1ccc(CC)c(C(Br)c2ccccc2Br)c1. The third kappa shape index (κ3) is 3.29. The molecule has 0 nitrogen and oxygen atoms in total. The topological polar surface area (TPSA) is 0 Å². The molecule has 2 rings (SSSR count). The second-order valence-electron chi connectivity index (χ2n) is 4.62. The van der Waals surface area contributed by atoms with E-state index in [1.54, 1.807) is 0 Å². The Morgan fingerprint density at radius 2 is 1.68 bits per heavy atom. The van der Waals surface area contributed by atoms with Crippen LogP contribution in [0.4, 0.5) is 0 Å². The van der Waals surface area contributed by atoms with Crippen molar-refractivity contribution < 1.29 is 0 Å². The number of alkyl halides is 1. The first-order valence-electron chi connectivity index (χ1n) is 6.67. The molecule has 0 saturated carbocycles. The van der Waals surface area contributed by atoms with Crippen LogP contribution in [0.2, 0.25) is 0 Å². The third-order valence-corrected chi connectivity index (χ3v) is 5.16. The van der Waals surface area contributed by atoms with Crippen LogP contribution in [0.5, 0.6) is 0 Å². The van der Waals surface area contributed by atoms with E-state index in [9.17, 15) is 0 Å². The highest BCUT2D eigenvalue weighted by atomic mass is 79.9. The minimum atomic E-state index is 0.240. The summed E-state index contributed by atoms with van der Waals surface area (Å²) in [5.41, 5.74) is 5.47. The zero-order valence-corrected chi connectivity index (χ0v) is 14.5. The first-order valence-corrected chi connectivity index (χ1v) is 8.38. The molecule has 2 aromatic rings. The van der Waals surface area contributed by atoms with Gasteiger partial charge in [0.15, 0.2) is 0 Å². The van der Waals surface area contributed by atoms with Crippen molar-refractivity contribution in [3.63, 3.8) is 0 Å². The van der Waals surface area contributed by atoms with Gasteiger partial charge in [-0.1, -0.05) is 82.1 Å². The van der Waals surface area contributed by atoms with Gasteiger partial charge in [0, 0.05) is 4.47 Å². The summed E-state index contributed by atoms with van der Waals surface area (Å²) in [4.78, 5) is 0.240. The summed E-state index contributed by atoms with van der Waals surface area (Å²) < 4.78 is 1.15. The van der Waals surface area contributed by atoms with Gasteiger partial charge in [0.1, 0.15) is 0 Å². The summed E-state index contributed by atoms with van der Waals surface area (Å²) in [5, 5.41) is 0. The molecule has 0 aliphatic rings. The number of halogens is 2. The Balaban J connectivity index is 2.48. The lowest BCUT2D eigenvalue weighted by Crippen LogP contribution is -2.00. The predicted octanol–water partition coefficient (Wildman–Crippen LogP) is 6.06. The smallest absolute Gasteiger partial charge is 0.0658 e. The zero-order chi connectivity index (χ0) is 13.8. The van der Waals surface area contributed by atoms with Crippen LogP contribution in [0.25, 0.3) is 0 Å². The Morgan fingerprint density at radius 1 is 0.947 bits per heavy atom. The van der Waals surface area contributed by atoms with Gasteiger partial charge in [-0.3, -0.25) is 0 Å². The average molecular weight is 382 g/mol. The normalized spacial score (nSPS) is 12.4. The van der Waals surface area contributed by atoms with Crippen LogP contribution >= 0.6 is 31.9 Å². The van der Waals surface area contributed by atoms with Crippen molar-refractivity contribution in [1.29, 1.82) is 0 Å². The van der Waals surface area contributed by atoms with Gasteiger partial charge in [0.05, 0.1) is 4.83 Å². The fraction of sp³-hybridized carbons (Fsp3) is 0.294. The van der Waals surface area contributed by atoms with Crippen LogP contribution in [0, 0.1) is 0 Å². The van der Waals surface area contributed by atoms with E-state index in [0.717, 1.165) is 17.3 Å². The minimum Gasteiger partial charge on any atom is -0.0786 e. The van der Waals surface area contributed by atoms with Gasteiger partial charge >= 0.3 is 0 Å². The fourth-order valence-corrected chi connectivity index (χ4v) is 3.92. The molecule has 19 heavy (non-hydrogen) atoms. The number of hydrogen-bond donors (Lipinski definition) is 0. The first-order chi connectivity index (χ1) is 9.17. The van der Waals surface area contributed by atoms with Gasteiger partial charge in [0.25, 0.3) is 0 Å². The van der Waals surface area contributed by atoms with Crippen molar-refractivity contribution in [3.05, 3.63) is 69.2 Å². The Hall–Kier alpha value is -0.600. The van der Waals surface area contributed by atoms with E-state index in [0.29, 0.717) is 0 Å². The molecule has 2 heteroatoms. The van der Waals surface area contributed by atoms with E-state index in [-0.39, 0.29) is 4.83 Å². The molecule has 100 valence electrons. The molecule has 1 unspecified atom stereocenters. The molecule has 0 amide bonds. The van der Waals surface area contributed by atoms with Gasteiger partial charge in [0.2, 0.25) is 0 Å². The van der Waals surface area contributed by atoms with Crippen LogP contribution in [-0.4, -0.2) is 0 Å². The maximum Gasteiger partial charge on any atom is 0.0658 e. The van der Waals surface area contributed by atoms with Crippen molar-refractivity contribution in [1.82, 2.24) is 0 Å². The van der Waals surface area contributed by atoms with Crippen LogP contribution < -0.4 is 0 Å². The molecule has 0 fully saturated rings. The van der Waals surface area contributed by atoms with Gasteiger partial charge in [-0.25, -0.2) is 0 Å². The minimum absolute atomic E-state index is 0.240. The van der Waals surface area contributed by atoms with Crippen molar-refractivity contribution in [2.24, 2.45) is 0 Å². The number of hydrogen-bond acceptors (Lipinski definition) is 0. The lowest BCUT2D eigenvalue weighted by molar-refractivity contribution is 1.03. The van der Waals surface area contributed by atoms with Gasteiger partial charge in [-0.05, 0) is 41.2 Å². The van der Waals surface area contributed by atoms with Crippen molar-refractivity contribution in [2.75, 3.05) is 0 Å². The van der Waals surface area contributed by atoms with E-state index in [1.165, 1.54) is 22.3 Å². The van der Waals surface area contributed by atoms with Crippen LogP contribution in [-0.2, 0) is 12.8 Å². The fourth-order valence-electron chi connectivity index (χ4n) is 2.27. The van der Waals surface area contributed by atoms with Gasteiger partial charge in [-0.2, -0.15) is 0 Å². The summed E-state index contributed by atoms with van der Waals surface area (Å²) in [5.74, 6) is 0. The van der Waals surface area contributed by atoms with Crippen molar-refractivity contribution in [3.8, 4) is 0 Å². The molecule has 0 N–H and O–H groups in total. The maximum absolute atomic E-state index is 3.87. The van der Waals surface area contributed by atoms with Crippen molar-refractivity contribution >= 4 is 31.9 Å². The molecule has 0 heterocycles. The van der Waals surface area contributed by atoms with E-state index < -0.39 is 0 Å². The van der Waals surface area contributed by atoms with Gasteiger partial charge in [-0.15, -0.1) is 0 Å². The first kappa shape index (κ1) is 14.8. The van der Waals surface area contributed by atoms with E-state index >= 15 is 0 Å². The summed E-state index contributed by atoms with van der Waals surface area (Å²) in [6, 6.07) is 15.2. The standard InChI is InChI=1S/C17H18Br2/c1-3-12-9-10-13(4-2)15(11-12)17(19)14-7-5-6-8-16(14)18/h5-11,17H,3-4H2,1-2H3. The molecule has 1 atom stereocenters. The Labute approximate surface area is 132 Å². The van der Waals surface area contributed by atoms with Crippen LogP contribution in [0.15, 0.2) is 46.9 Å². The highest BCUT2D eigenvalue weighted by Gasteiger charge is 2.16. The summed E-state index contributed by atoms with van der Waals surface area (Å²) in [6.07, 6.45) is 2.14. The van der Waals surface area contributed by atoms with Gasteiger partial charge < -0.3 is 0 Å². The quantitative estimate of drug-likeness (QED) is 0.564. The Bertz CT molecular complexity index is 561. The lowest BCUT2D eigenvalue weighted by Gasteiger charge is -2.17. The molecule has 2 aromatic carbocycles. The highest BCUT2D eigenvalue weighted by Crippen LogP contribution is 2.37. The Morgan fingerprint density at radius 3 is 2.32 bits per heavy atom. The van der Waals surface area contributed by atoms with Crippen molar-refractivity contribution in [2.45, 2.75) is 31.5 Å². The summed E-state index contributed by atoms with van der Waals surface area (Å²) in [6.45, 7) is 4.41. The molecular weight excluding hydrogens is 364 g/mol. The second-order valence-corrected chi connectivity index (χ2v) is 6.39. The van der Waals surface area contributed by atoms with E-state index in [2.05, 4.69) is 88.2 Å². The maximum atomic E-state index is 3.87. The molecule has 0 aromatic heterocycles. The van der Waals surface area contributed by atoms with E-state index in [4.69, 9.17) is 0 Å². The molecule has 0 radical (unpaired) electrons. The number of rotatable bonds is 4. The number of benzene rings is 2. The molecule has 0 bridgehead atoms. The molecule has 0 aliphatic carbocycles. The summed E-state index contributed by atoms with van der Waals surface area (Å²) in [7, 11) is 0. The molecule has 0 saturated heterocycles. The average Bonchev–Trinajstić information content (AvgIpc) is 2.46. The zero-order valence-electron chi connectivity index (χ0n) is 11.3. The highest BCUT2D eigenvalue weighted by molar-refractivity contribution is 9.11. The van der Waals surface area contributed by atoms with E-state index in [1.807, 2.05) is 0 Å². The van der Waals surface area contributed by atoms with Crippen LogP contribution in [0.1, 0.15) is 40.9 Å². The van der Waals surface area contributed by atoms with Crippen LogP contribution in [0.3, 0.4) is 0 Å². The second kappa shape index (κ2) is 6.71. The number of aryl methyl sites for hydroxylation is 2. The lowest BCUT2D eigenvalue weighted by atomic mass is 9.95. The predicted molar refractivity (Wildman–Crippen MR) is 90.1 cm³/mol. The monoisotopic (exact) mass is 380 g/mol. The largest absolute Gasteiger partial charge is 0.0786 e.